The Labute approximate surface area is 203 Å². The highest BCUT2D eigenvalue weighted by molar-refractivity contribution is 6.31. The molecule has 0 aliphatic carbocycles. The van der Waals surface area contributed by atoms with Gasteiger partial charge in [-0.25, -0.2) is 0 Å². The fourth-order valence-electron chi connectivity index (χ4n) is 4.01. The van der Waals surface area contributed by atoms with Crippen molar-refractivity contribution in [3.63, 3.8) is 0 Å². The van der Waals surface area contributed by atoms with Gasteiger partial charge in [0.1, 0.15) is 0 Å². The van der Waals surface area contributed by atoms with Crippen molar-refractivity contribution in [2.75, 3.05) is 16.8 Å². The Morgan fingerprint density at radius 1 is 1.00 bits per heavy atom. The Morgan fingerprint density at radius 2 is 1.74 bits per heavy atom. The molecule has 0 radical (unpaired) electrons. The third kappa shape index (κ3) is 5.13. The predicted octanol–water partition coefficient (Wildman–Crippen LogP) is 4.88. The molecule has 3 amide bonds. The predicted molar refractivity (Wildman–Crippen MR) is 134 cm³/mol. The van der Waals surface area contributed by atoms with Crippen LogP contribution < -0.4 is 15.5 Å². The van der Waals surface area contributed by atoms with Gasteiger partial charge in [-0.2, -0.15) is 0 Å². The van der Waals surface area contributed by atoms with Gasteiger partial charge >= 0.3 is 0 Å². The molecule has 3 aromatic rings. The second-order valence-corrected chi connectivity index (χ2v) is 8.90. The van der Waals surface area contributed by atoms with E-state index in [1.807, 2.05) is 44.2 Å². The molecule has 1 heterocycles. The molecule has 0 aromatic heterocycles. The number of carbonyl (C=O) groups is 3. The van der Waals surface area contributed by atoms with E-state index >= 15 is 0 Å². The summed E-state index contributed by atoms with van der Waals surface area (Å²) >= 11 is 6.21. The lowest BCUT2D eigenvalue weighted by atomic mass is 10.1. The number of amides is 3. The normalized spacial score (nSPS) is 15.3. The number of aryl methyl sites for hydroxylation is 1. The van der Waals surface area contributed by atoms with E-state index < -0.39 is 5.92 Å². The van der Waals surface area contributed by atoms with Crippen LogP contribution >= 0.6 is 11.6 Å². The standard InChI is InChI=1S/C27H26ClN3O3/c1-17-10-12-19(13-11-17)15-29-27(34)21-6-3-4-8-23(21)30-26(33)20-14-25(32)31(16-20)24-9-5-7-22(28)18(24)2/h3-13,20H,14-16H2,1-2H3,(H,29,34)(H,30,33)/t20-/m0/s1. The summed E-state index contributed by atoms with van der Waals surface area (Å²) in [5.74, 6) is -1.24. The van der Waals surface area contributed by atoms with E-state index in [4.69, 9.17) is 11.6 Å². The highest BCUT2D eigenvalue weighted by Gasteiger charge is 2.36. The van der Waals surface area contributed by atoms with E-state index in [0.717, 1.165) is 16.7 Å². The molecule has 1 fully saturated rings. The van der Waals surface area contributed by atoms with Gasteiger partial charge in [-0.05, 0) is 49.2 Å². The van der Waals surface area contributed by atoms with Gasteiger partial charge in [0.25, 0.3) is 5.91 Å². The Hall–Kier alpha value is -3.64. The van der Waals surface area contributed by atoms with Gasteiger partial charge < -0.3 is 15.5 Å². The molecule has 174 valence electrons. The van der Waals surface area contributed by atoms with Crippen molar-refractivity contribution in [3.05, 3.63) is 94.0 Å². The summed E-state index contributed by atoms with van der Waals surface area (Å²) < 4.78 is 0. The molecule has 7 heteroatoms. The molecular formula is C27H26ClN3O3. The molecule has 1 saturated heterocycles. The molecule has 34 heavy (non-hydrogen) atoms. The zero-order valence-electron chi connectivity index (χ0n) is 19.1. The zero-order valence-corrected chi connectivity index (χ0v) is 19.9. The van der Waals surface area contributed by atoms with E-state index in [-0.39, 0.29) is 30.7 Å². The first-order valence-electron chi connectivity index (χ1n) is 11.1. The van der Waals surface area contributed by atoms with Gasteiger partial charge in [-0.3, -0.25) is 14.4 Å². The summed E-state index contributed by atoms with van der Waals surface area (Å²) in [5, 5.41) is 6.33. The molecule has 6 nitrogen and oxygen atoms in total. The molecule has 1 aliphatic rings. The quantitative estimate of drug-likeness (QED) is 0.533. The molecule has 0 saturated carbocycles. The van der Waals surface area contributed by atoms with Gasteiger partial charge in [0.05, 0.1) is 17.2 Å². The van der Waals surface area contributed by atoms with Crippen molar-refractivity contribution in [1.29, 1.82) is 0 Å². The van der Waals surface area contributed by atoms with Crippen LogP contribution in [0.3, 0.4) is 0 Å². The topological polar surface area (TPSA) is 78.5 Å². The maximum Gasteiger partial charge on any atom is 0.253 e. The van der Waals surface area contributed by atoms with Crippen LogP contribution in [0.5, 0.6) is 0 Å². The van der Waals surface area contributed by atoms with Crippen LogP contribution in [0.2, 0.25) is 5.02 Å². The summed E-state index contributed by atoms with van der Waals surface area (Å²) in [6.07, 6.45) is 0.0968. The monoisotopic (exact) mass is 475 g/mol. The Bertz CT molecular complexity index is 1240. The van der Waals surface area contributed by atoms with Gasteiger partial charge in [0, 0.05) is 30.2 Å². The number of hydrogen-bond donors (Lipinski definition) is 2. The summed E-state index contributed by atoms with van der Waals surface area (Å²) in [4.78, 5) is 40.1. The molecule has 0 unspecified atom stereocenters. The van der Waals surface area contributed by atoms with E-state index in [0.29, 0.717) is 28.5 Å². The maximum atomic E-state index is 13.0. The van der Waals surface area contributed by atoms with Gasteiger partial charge in [0.15, 0.2) is 0 Å². The fraction of sp³-hybridized carbons (Fsp3) is 0.222. The smallest absolute Gasteiger partial charge is 0.253 e. The highest BCUT2D eigenvalue weighted by Crippen LogP contribution is 2.32. The second kappa shape index (κ2) is 10.1. The lowest BCUT2D eigenvalue weighted by Gasteiger charge is -2.20. The lowest BCUT2D eigenvalue weighted by Crippen LogP contribution is -2.29. The SMILES string of the molecule is Cc1ccc(CNC(=O)c2ccccc2NC(=O)[C@H]2CC(=O)N(c3cccc(Cl)c3C)C2)cc1. The van der Waals surface area contributed by atoms with Gasteiger partial charge in [-0.1, -0.05) is 59.6 Å². The number of nitrogens with zero attached hydrogens (tertiary/aromatic N) is 1. The number of carbonyl (C=O) groups excluding carboxylic acids is 3. The number of hydrogen-bond acceptors (Lipinski definition) is 3. The van der Waals surface area contributed by atoms with Gasteiger partial charge in [0.2, 0.25) is 11.8 Å². The zero-order chi connectivity index (χ0) is 24.2. The number of benzene rings is 3. The Morgan fingerprint density at radius 3 is 2.50 bits per heavy atom. The first-order chi connectivity index (χ1) is 16.3. The second-order valence-electron chi connectivity index (χ2n) is 8.49. The van der Waals surface area contributed by atoms with Crippen LogP contribution in [0.25, 0.3) is 0 Å². The first-order valence-corrected chi connectivity index (χ1v) is 11.5. The van der Waals surface area contributed by atoms with E-state index in [1.165, 1.54) is 0 Å². The minimum Gasteiger partial charge on any atom is -0.348 e. The van der Waals surface area contributed by atoms with Crippen LogP contribution in [-0.4, -0.2) is 24.3 Å². The molecule has 3 aromatic carbocycles. The van der Waals surface area contributed by atoms with Crippen LogP contribution in [0, 0.1) is 19.8 Å². The first kappa shape index (κ1) is 23.5. The molecule has 1 atom stereocenters. The summed E-state index contributed by atoms with van der Waals surface area (Å²) in [5.41, 5.74) is 4.44. The van der Waals surface area contributed by atoms with Gasteiger partial charge in [-0.15, -0.1) is 0 Å². The minimum absolute atomic E-state index is 0.0968. The molecule has 2 N–H and O–H groups in total. The lowest BCUT2D eigenvalue weighted by molar-refractivity contribution is -0.122. The Balaban J connectivity index is 1.43. The van der Waals surface area contributed by atoms with Crippen molar-refractivity contribution < 1.29 is 14.4 Å². The molecule has 4 rings (SSSR count). The van der Waals surface area contributed by atoms with Crippen molar-refractivity contribution in [3.8, 4) is 0 Å². The van der Waals surface area contributed by atoms with E-state index in [1.54, 1.807) is 41.3 Å². The maximum absolute atomic E-state index is 13.0. The van der Waals surface area contributed by atoms with Crippen molar-refractivity contribution >= 4 is 40.7 Å². The minimum atomic E-state index is -0.533. The van der Waals surface area contributed by atoms with Crippen LogP contribution in [-0.2, 0) is 16.1 Å². The summed E-state index contributed by atoms with van der Waals surface area (Å²) in [6, 6.07) is 20.2. The van der Waals surface area contributed by atoms with Crippen LogP contribution in [0.4, 0.5) is 11.4 Å². The summed E-state index contributed by atoms with van der Waals surface area (Å²) in [6.45, 7) is 4.50. The fourth-order valence-corrected chi connectivity index (χ4v) is 4.18. The number of halogens is 1. The largest absolute Gasteiger partial charge is 0.348 e. The molecule has 0 spiro atoms. The molecule has 1 aliphatic heterocycles. The molecular weight excluding hydrogens is 450 g/mol. The highest BCUT2D eigenvalue weighted by atomic mass is 35.5. The number of nitrogens with one attached hydrogen (secondary N) is 2. The third-order valence-electron chi connectivity index (χ3n) is 6.03. The van der Waals surface area contributed by atoms with Crippen molar-refractivity contribution in [2.45, 2.75) is 26.8 Å². The number of para-hydroxylation sites is 1. The average molecular weight is 476 g/mol. The van der Waals surface area contributed by atoms with E-state index in [2.05, 4.69) is 10.6 Å². The average Bonchev–Trinajstić information content (AvgIpc) is 3.22. The van der Waals surface area contributed by atoms with Crippen molar-refractivity contribution in [1.82, 2.24) is 5.32 Å². The number of anilines is 2. The Kier molecular flexibility index (Phi) is 6.98. The molecule has 0 bridgehead atoms. The van der Waals surface area contributed by atoms with Crippen LogP contribution in [0.1, 0.15) is 33.5 Å². The summed E-state index contributed by atoms with van der Waals surface area (Å²) in [7, 11) is 0. The van der Waals surface area contributed by atoms with Crippen molar-refractivity contribution in [2.24, 2.45) is 5.92 Å². The van der Waals surface area contributed by atoms with Crippen LogP contribution in [0.15, 0.2) is 66.7 Å². The number of rotatable bonds is 6. The third-order valence-corrected chi connectivity index (χ3v) is 6.44. The van der Waals surface area contributed by atoms with E-state index in [9.17, 15) is 14.4 Å².